The molecule has 2 aromatic heterocycles. The smallest absolute Gasteiger partial charge is 0.337 e. The van der Waals surface area contributed by atoms with Crippen molar-refractivity contribution in [1.82, 2.24) is 14.9 Å². The van der Waals surface area contributed by atoms with E-state index in [2.05, 4.69) is 32.4 Å². The molecule has 188 valence electrons. The van der Waals surface area contributed by atoms with Gasteiger partial charge in [0.2, 0.25) is 12.0 Å². The van der Waals surface area contributed by atoms with E-state index in [0.717, 1.165) is 44.8 Å². The van der Waals surface area contributed by atoms with Gasteiger partial charge in [-0.05, 0) is 47.9 Å². The van der Waals surface area contributed by atoms with Gasteiger partial charge in [0.1, 0.15) is 5.69 Å². The largest absolute Gasteiger partial charge is 0.465 e. The van der Waals surface area contributed by atoms with Crippen LogP contribution >= 0.6 is 0 Å². The zero-order valence-electron chi connectivity index (χ0n) is 21.0. The van der Waals surface area contributed by atoms with E-state index in [-0.39, 0.29) is 12.0 Å². The molecule has 38 heavy (non-hydrogen) atoms. The number of anilines is 1. The molecule has 3 aromatic carbocycles. The van der Waals surface area contributed by atoms with Crippen LogP contribution in [0.1, 0.15) is 27.0 Å². The number of aromatic nitrogens is 3. The first-order chi connectivity index (χ1) is 18.5. The molecule has 3 N–H and O–H groups in total. The van der Waals surface area contributed by atoms with E-state index in [4.69, 9.17) is 4.74 Å². The summed E-state index contributed by atoms with van der Waals surface area (Å²) in [4.78, 5) is 38.0. The maximum absolute atomic E-state index is 13.1. The van der Waals surface area contributed by atoms with Crippen LogP contribution in [0.25, 0.3) is 33.5 Å². The molecule has 1 aliphatic rings. The summed E-state index contributed by atoms with van der Waals surface area (Å²) >= 11 is 0. The van der Waals surface area contributed by atoms with Gasteiger partial charge in [-0.25, -0.2) is 14.6 Å². The summed E-state index contributed by atoms with van der Waals surface area (Å²) in [5, 5.41) is 4.02. The van der Waals surface area contributed by atoms with Crippen LogP contribution in [0, 0.1) is 6.92 Å². The van der Waals surface area contributed by atoms with Crippen molar-refractivity contribution in [1.29, 1.82) is 0 Å². The van der Waals surface area contributed by atoms with Crippen molar-refractivity contribution < 1.29 is 19.3 Å². The van der Waals surface area contributed by atoms with Gasteiger partial charge >= 0.3 is 12.0 Å². The summed E-state index contributed by atoms with van der Waals surface area (Å²) in [5.41, 5.74) is 8.91. The molecule has 0 saturated heterocycles. The number of carbonyl (C=O) groups is 2. The van der Waals surface area contributed by atoms with Crippen molar-refractivity contribution in [2.75, 3.05) is 12.4 Å². The van der Waals surface area contributed by atoms with E-state index in [1.165, 1.54) is 18.2 Å². The molecule has 3 heterocycles. The lowest BCUT2D eigenvalue weighted by Gasteiger charge is -2.18. The van der Waals surface area contributed by atoms with E-state index in [1.54, 1.807) is 18.5 Å². The fourth-order valence-electron chi connectivity index (χ4n) is 4.96. The quantitative estimate of drug-likeness (QED) is 0.322. The highest BCUT2D eigenvalue weighted by molar-refractivity contribution is 5.97. The standard InChI is InChI=1S/C30H25N5O3/c1-18-23(8-5-9-25(18)34-30(37)35-15-21-6-3-4-7-22(21)16-35)27-24-14-26(33-28(24)32-17-31-27)19-10-12-20(13-11-19)29(36)38-2/h3-14,17H,15-16H2,1-2H3,(H,34,37)(H,31,32,33)/p+1. The first-order valence-corrected chi connectivity index (χ1v) is 12.3. The van der Waals surface area contributed by atoms with Crippen molar-refractivity contribution >= 4 is 28.7 Å². The molecule has 0 atom stereocenters. The van der Waals surface area contributed by atoms with Crippen LogP contribution in [0.5, 0.6) is 0 Å². The molecule has 0 unspecified atom stereocenters. The number of ether oxygens (including phenoxy) is 1. The van der Waals surface area contributed by atoms with Crippen LogP contribution in [-0.4, -0.2) is 34.0 Å². The third kappa shape index (κ3) is 4.16. The Bertz CT molecular complexity index is 1670. The lowest BCUT2D eigenvalue weighted by atomic mass is 10.0. The van der Waals surface area contributed by atoms with Crippen LogP contribution in [-0.2, 0) is 17.8 Å². The van der Waals surface area contributed by atoms with Crippen molar-refractivity contribution in [3.63, 3.8) is 0 Å². The van der Waals surface area contributed by atoms with Gasteiger partial charge in [0.05, 0.1) is 18.1 Å². The monoisotopic (exact) mass is 504 g/mol. The van der Waals surface area contributed by atoms with E-state index in [1.807, 2.05) is 60.4 Å². The second-order valence-corrected chi connectivity index (χ2v) is 9.32. The second kappa shape index (κ2) is 9.48. The molecule has 2 amide bonds. The number of fused-ring (bicyclic) bond motifs is 2. The first kappa shape index (κ1) is 23.4. The first-order valence-electron chi connectivity index (χ1n) is 12.3. The predicted octanol–water partition coefficient (Wildman–Crippen LogP) is 5.35. The Morgan fingerprint density at radius 2 is 1.74 bits per heavy atom. The number of benzene rings is 3. The highest BCUT2D eigenvalue weighted by atomic mass is 16.5. The number of aromatic amines is 2. The zero-order chi connectivity index (χ0) is 26.2. The Morgan fingerprint density at radius 3 is 2.45 bits per heavy atom. The molecule has 8 nitrogen and oxygen atoms in total. The Morgan fingerprint density at radius 1 is 1.00 bits per heavy atom. The third-order valence-electron chi connectivity index (χ3n) is 7.05. The molecule has 0 aliphatic carbocycles. The normalized spacial score (nSPS) is 12.4. The molecular formula is C30H26N5O3+. The topological polar surface area (TPSA) is 101 Å². The number of esters is 1. The number of hydrogen-bond donors (Lipinski definition) is 2. The number of carbonyl (C=O) groups excluding carboxylic acids is 2. The molecule has 1 aliphatic heterocycles. The van der Waals surface area contributed by atoms with Crippen LogP contribution in [0.2, 0.25) is 0 Å². The zero-order valence-corrected chi connectivity index (χ0v) is 21.0. The highest BCUT2D eigenvalue weighted by Gasteiger charge is 2.24. The lowest BCUT2D eigenvalue weighted by Crippen LogP contribution is -2.30. The number of methoxy groups -OCH3 is 1. The lowest BCUT2D eigenvalue weighted by molar-refractivity contribution is -0.352. The van der Waals surface area contributed by atoms with Crippen molar-refractivity contribution in [3.8, 4) is 22.5 Å². The van der Waals surface area contributed by atoms with E-state index in [0.29, 0.717) is 18.7 Å². The number of amides is 2. The maximum atomic E-state index is 13.1. The van der Waals surface area contributed by atoms with Gasteiger partial charge in [0, 0.05) is 29.9 Å². The minimum absolute atomic E-state index is 0.125. The van der Waals surface area contributed by atoms with Gasteiger partial charge in [0.15, 0.2) is 5.69 Å². The van der Waals surface area contributed by atoms with Crippen LogP contribution < -0.4 is 10.3 Å². The summed E-state index contributed by atoms with van der Waals surface area (Å²) in [6, 6.07) is 23.1. The Hall–Kier alpha value is -4.98. The average molecular weight is 505 g/mol. The highest BCUT2D eigenvalue weighted by Crippen LogP contribution is 2.33. The van der Waals surface area contributed by atoms with E-state index in [9.17, 15) is 9.59 Å². The molecule has 5 aromatic rings. The number of hydrogen-bond acceptors (Lipinski definition) is 4. The molecule has 0 fully saturated rings. The molecule has 0 bridgehead atoms. The number of nitrogens with one attached hydrogen (secondary N) is 3. The van der Waals surface area contributed by atoms with Crippen LogP contribution in [0.15, 0.2) is 79.1 Å². The van der Waals surface area contributed by atoms with Gasteiger partial charge in [-0.2, -0.15) is 0 Å². The van der Waals surface area contributed by atoms with Crippen LogP contribution in [0.4, 0.5) is 10.5 Å². The summed E-state index contributed by atoms with van der Waals surface area (Å²) in [6.45, 7) is 3.20. The number of urea groups is 1. The van der Waals surface area contributed by atoms with Gasteiger partial charge in [-0.1, -0.05) is 48.5 Å². The molecule has 0 saturated carbocycles. The van der Waals surface area contributed by atoms with E-state index >= 15 is 0 Å². The average Bonchev–Trinajstić information content (AvgIpc) is 3.59. The van der Waals surface area contributed by atoms with Crippen molar-refractivity contribution in [2.45, 2.75) is 20.0 Å². The Balaban J connectivity index is 1.29. The van der Waals surface area contributed by atoms with Gasteiger partial charge < -0.3 is 15.0 Å². The van der Waals surface area contributed by atoms with Gasteiger partial charge in [-0.15, -0.1) is 4.98 Å². The molecule has 6 rings (SSSR count). The van der Waals surface area contributed by atoms with Crippen molar-refractivity contribution in [2.24, 2.45) is 0 Å². The molecule has 0 spiro atoms. The van der Waals surface area contributed by atoms with Crippen LogP contribution in [0.3, 0.4) is 0 Å². The minimum atomic E-state index is -0.371. The number of H-pyrrole nitrogens is 2. The molecule has 0 radical (unpaired) electrons. The number of nitrogens with zero attached hydrogens (tertiary/aromatic N) is 2. The third-order valence-corrected chi connectivity index (χ3v) is 7.05. The second-order valence-electron chi connectivity index (χ2n) is 9.32. The number of rotatable bonds is 4. The van der Waals surface area contributed by atoms with Crippen molar-refractivity contribution in [3.05, 3.63) is 101 Å². The SMILES string of the molecule is COC(=O)c1ccc(-c2cc3c(-c4cccc(NC(=O)N5Cc6ccccc6C5)c4C)nc[nH+]c3[nH]2)cc1. The molecule has 8 heteroatoms. The minimum Gasteiger partial charge on any atom is -0.465 e. The molecular weight excluding hydrogens is 478 g/mol. The maximum Gasteiger partial charge on any atom is 0.337 e. The van der Waals surface area contributed by atoms with Gasteiger partial charge in [-0.3, -0.25) is 4.98 Å². The Kier molecular flexibility index (Phi) is 5.84. The van der Waals surface area contributed by atoms with E-state index < -0.39 is 0 Å². The summed E-state index contributed by atoms with van der Waals surface area (Å²) < 4.78 is 4.79. The Labute approximate surface area is 219 Å². The summed E-state index contributed by atoms with van der Waals surface area (Å²) in [6.07, 6.45) is 1.66. The fraction of sp³-hybridized carbons (Fsp3) is 0.133. The summed E-state index contributed by atoms with van der Waals surface area (Å²) in [5.74, 6) is -0.371. The van der Waals surface area contributed by atoms with Gasteiger partial charge in [0.25, 0.3) is 0 Å². The predicted molar refractivity (Wildman–Crippen MR) is 144 cm³/mol. The fourth-order valence-corrected chi connectivity index (χ4v) is 4.96. The summed E-state index contributed by atoms with van der Waals surface area (Å²) in [7, 11) is 1.37.